The van der Waals surface area contributed by atoms with E-state index in [2.05, 4.69) is 5.32 Å². The number of piperidine rings is 1. The van der Waals surface area contributed by atoms with E-state index in [9.17, 15) is 14.9 Å². The number of nitro benzene ring substituents is 1. The van der Waals surface area contributed by atoms with Gasteiger partial charge in [0.1, 0.15) is 11.5 Å². The average molecular weight is 432 g/mol. The van der Waals surface area contributed by atoms with Gasteiger partial charge in [0.05, 0.1) is 10.5 Å². The lowest BCUT2D eigenvalue weighted by molar-refractivity contribution is -0.384. The van der Waals surface area contributed by atoms with Crippen LogP contribution in [0.1, 0.15) is 36.0 Å². The van der Waals surface area contributed by atoms with Crippen molar-refractivity contribution in [3.8, 4) is 11.5 Å². The number of amides is 1. The summed E-state index contributed by atoms with van der Waals surface area (Å²) in [5, 5.41) is 14.8. The van der Waals surface area contributed by atoms with Crippen LogP contribution in [-0.4, -0.2) is 41.4 Å². The van der Waals surface area contributed by atoms with Crippen LogP contribution < -0.4 is 10.1 Å². The molecule has 0 atom stereocenters. The molecule has 0 spiro atoms. The van der Waals surface area contributed by atoms with E-state index in [1.54, 1.807) is 17.0 Å². The van der Waals surface area contributed by atoms with Crippen LogP contribution in [0, 0.1) is 16.0 Å². The van der Waals surface area contributed by atoms with Crippen LogP contribution in [0.2, 0.25) is 0 Å². The lowest BCUT2D eigenvalue weighted by atomic mass is 10.0. The number of carbonyl (C=O) groups is 1. The van der Waals surface area contributed by atoms with Crippen molar-refractivity contribution in [2.45, 2.75) is 31.7 Å². The second-order valence-electron chi connectivity index (χ2n) is 7.77. The second kappa shape index (κ2) is 9.91. The Labute approximate surface area is 182 Å². The van der Waals surface area contributed by atoms with Gasteiger partial charge in [-0.1, -0.05) is 18.2 Å². The molecule has 1 aliphatic heterocycles. The molecule has 0 radical (unpaired) electrons. The van der Waals surface area contributed by atoms with Crippen LogP contribution in [0.5, 0.6) is 11.5 Å². The van der Waals surface area contributed by atoms with Gasteiger partial charge in [-0.3, -0.25) is 14.9 Å². The average Bonchev–Trinajstić information content (AvgIpc) is 3.57. The molecule has 2 aromatic carbocycles. The van der Waals surface area contributed by atoms with Gasteiger partial charge in [-0.2, -0.15) is 0 Å². The highest BCUT2D eigenvalue weighted by atomic mass is 35.5. The maximum absolute atomic E-state index is 13.2. The number of halogens is 1. The first-order valence-corrected chi connectivity index (χ1v) is 10.1. The number of likely N-dealkylation sites (tertiary alicyclic amines) is 1. The summed E-state index contributed by atoms with van der Waals surface area (Å²) < 4.78 is 5.87. The fourth-order valence-corrected chi connectivity index (χ4v) is 3.62. The first-order valence-electron chi connectivity index (χ1n) is 10.1. The van der Waals surface area contributed by atoms with Crippen LogP contribution in [0.3, 0.4) is 0 Å². The van der Waals surface area contributed by atoms with E-state index in [1.165, 1.54) is 31.0 Å². The molecule has 2 fully saturated rings. The lowest BCUT2D eigenvalue weighted by Gasteiger charge is -2.33. The predicted molar refractivity (Wildman–Crippen MR) is 117 cm³/mol. The summed E-state index contributed by atoms with van der Waals surface area (Å²) >= 11 is 0. The van der Waals surface area contributed by atoms with Crippen molar-refractivity contribution in [3.63, 3.8) is 0 Å². The second-order valence-corrected chi connectivity index (χ2v) is 7.77. The standard InChI is InChI=1S/C22H25N3O4.ClH/c26-22(24-12-10-17(11-13-24)23-15-16-6-7-16)20-14-18(25(27)28)8-9-21(20)29-19-4-2-1-3-5-19;/h1-5,8-9,14,16-17,23H,6-7,10-13,15H2;1H. The first-order chi connectivity index (χ1) is 14.1. The van der Waals surface area contributed by atoms with E-state index in [4.69, 9.17) is 4.74 Å². The molecule has 0 unspecified atom stereocenters. The molecule has 1 N–H and O–H groups in total. The molecule has 1 aliphatic carbocycles. The van der Waals surface area contributed by atoms with Crippen LogP contribution in [-0.2, 0) is 0 Å². The lowest BCUT2D eigenvalue weighted by Crippen LogP contribution is -2.45. The van der Waals surface area contributed by atoms with Crippen LogP contribution in [0.25, 0.3) is 0 Å². The minimum Gasteiger partial charge on any atom is -0.457 e. The monoisotopic (exact) mass is 431 g/mol. The number of rotatable bonds is 7. The maximum Gasteiger partial charge on any atom is 0.270 e. The Morgan fingerprint density at radius 1 is 1.10 bits per heavy atom. The SMILES string of the molecule is Cl.O=C(c1cc([N+](=O)[O-])ccc1Oc1ccccc1)N1CCC(NCC2CC2)CC1. The molecule has 1 heterocycles. The van der Waals surface area contributed by atoms with Gasteiger partial charge in [-0.25, -0.2) is 0 Å². The quantitative estimate of drug-likeness (QED) is 0.518. The minimum atomic E-state index is -0.489. The van der Waals surface area contributed by atoms with Gasteiger partial charge in [0, 0.05) is 31.3 Å². The summed E-state index contributed by atoms with van der Waals surface area (Å²) in [6.07, 6.45) is 4.42. The highest BCUT2D eigenvalue weighted by Gasteiger charge is 2.28. The topological polar surface area (TPSA) is 84.7 Å². The van der Waals surface area contributed by atoms with Gasteiger partial charge in [0.15, 0.2) is 0 Å². The van der Waals surface area contributed by atoms with E-state index in [0.29, 0.717) is 30.6 Å². The molecule has 8 heteroatoms. The van der Waals surface area contributed by atoms with Crippen LogP contribution >= 0.6 is 12.4 Å². The number of non-ortho nitro benzene ring substituents is 1. The molecule has 7 nitrogen and oxygen atoms in total. The Hall–Kier alpha value is -2.64. The maximum atomic E-state index is 13.2. The number of ether oxygens (including phenoxy) is 1. The van der Waals surface area contributed by atoms with Crippen molar-refractivity contribution in [3.05, 3.63) is 64.2 Å². The van der Waals surface area contributed by atoms with E-state index in [0.717, 1.165) is 25.3 Å². The molecule has 0 bridgehead atoms. The Kier molecular flexibility index (Phi) is 7.29. The van der Waals surface area contributed by atoms with Crippen molar-refractivity contribution in [1.82, 2.24) is 10.2 Å². The van der Waals surface area contributed by atoms with E-state index >= 15 is 0 Å². The number of hydrogen-bond acceptors (Lipinski definition) is 5. The van der Waals surface area contributed by atoms with Gasteiger partial charge in [-0.15, -0.1) is 12.4 Å². The molecule has 2 aromatic rings. The van der Waals surface area contributed by atoms with Crippen molar-refractivity contribution in [1.29, 1.82) is 0 Å². The third-order valence-electron chi connectivity index (χ3n) is 5.55. The number of nitro groups is 1. The molecule has 0 aromatic heterocycles. The molecule has 30 heavy (non-hydrogen) atoms. The Morgan fingerprint density at radius 2 is 1.80 bits per heavy atom. The highest BCUT2D eigenvalue weighted by Crippen LogP contribution is 2.31. The van der Waals surface area contributed by atoms with E-state index in [1.807, 2.05) is 18.2 Å². The largest absolute Gasteiger partial charge is 0.457 e. The van der Waals surface area contributed by atoms with Crippen molar-refractivity contribution in [2.75, 3.05) is 19.6 Å². The van der Waals surface area contributed by atoms with Crippen LogP contribution in [0.4, 0.5) is 5.69 Å². The first kappa shape index (κ1) is 22.1. The molecule has 1 saturated heterocycles. The van der Waals surface area contributed by atoms with Crippen LogP contribution in [0.15, 0.2) is 48.5 Å². The number of benzene rings is 2. The van der Waals surface area contributed by atoms with Crippen molar-refractivity contribution < 1.29 is 14.5 Å². The fraction of sp³-hybridized carbons (Fsp3) is 0.409. The molecule has 1 amide bonds. The number of hydrogen-bond donors (Lipinski definition) is 1. The number of para-hydroxylation sites is 1. The molecule has 1 saturated carbocycles. The van der Waals surface area contributed by atoms with Crippen molar-refractivity contribution in [2.24, 2.45) is 5.92 Å². The zero-order valence-corrected chi connectivity index (χ0v) is 17.5. The normalized spacial score (nSPS) is 16.6. The van der Waals surface area contributed by atoms with E-state index < -0.39 is 4.92 Å². The summed E-state index contributed by atoms with van der Waals surface area (Å²) in [4.78, 5) is 25.7. The summed E-state index contributed by atoms with van der Waals surface area (Å²) in [5.41, 5.74) is 0.113. The predicted octanol–water partition coefficient (Wildman–Crippen LogP) is 4.41. The Balaban J connectivity index is 0.00000256. The number of nitrogens with zero attached hydrogens (tertiary/aromatic N) is 2. The third-order valence-corrected chi connectivity index (χ3v) is 5.55. The van der Waals surface area contributed by atoms with Gasteiger partial charge in [0.25, 0.3) is 11.6 Å². The summed E-state index contributed by atoms with van der Waals surface area (Å²) in [6.45, 7) is 2.34. The number of carbonyl (C=O) groups excluding carboxylic acids is 1. The summed E-state index contributed by atoms with van der Waals surface area (Å²) in [5.74, 6) is 1.52. The van der Waals surface area contributed by atoms with Gasteiger partial charge < -0.3 is 15.0 Å². The zero-order valence-electron chi connectivity index (χ0n) is 16.7. The highest BCUT2D eigenvalue weighted by molar-refractivity contribution is 5.97. The Bertz CT molecular complexity index is 881. The minimum absolute atomic E-state index is 0. The van der Waals surface area contributed by atoms with Gasteiger partial charge in [-0.05, 0) is 56.3 Å². The molecule has 160 valence electrons. The van der Waals surface area contributed by atoms with Crippen molar-refractivity contribution >= 4 is 24.0 Å². The smallest absolute Gasteiger partial charge is 0.270 e. The third kappa shape index (κ3) is 5.49. The number of nitrogens with one attached hydrogen (secondary N) is 1. The summed E-state index contributed by atoms with van der Waals surface area (Å²) in [7, 11) is 0. The molecule has 4 rings (SSSR count). The Morgan fingerprint density at radius 3 is 2.43 bits per heavy atom. The van der Waals surface area contributed by atoms with Gasteiger partial charge in [0.2, 0.25) is 0 Å². The van der Waals surface area contributed by atoms with E-state index in [-0.39, 0.29) is 29.6 Å². The summed E-state index contributed by atoms with van der Waals surface area (Å²) in [6, 6.07) is 13.7. The van der Waals surface area contributed by atoms with Gasteiger partial charge >= 0.3 is 0 Å². The molecular formula is C22H26ClN3O4. The molecular weight excluding hydrogens is 406 g/mol. The molecule has 2 aliphatic rings. The fourth-order valence-electron chi connectivity index (χ4n) is 3.62. The zero-order chi connectivity index (χ0) is 20.2.